The zero-order valence-electron chi connectivity index (χ0n) is 16.9. The van der Waals surface area contributed by atoms with E-state index in [4.69, 9.17) is 0 Å². The molecular weight excluding hydrogens is 364 g/mol. The number of amides is 1. The molecule has 2 aromatic heterocycles. The maximum Gasteiger partial charge on any atom is 0.257 e. The summed E-state index contributed by atoms with van der Waals surface area (Å²) in [5, 5.41) is 11.9. The van der Waals surface area contributed by atoms with Crippen molar-refractivity contribution in [1.29, 1.82) is 0 Å². The molecule has 0 saturated carbocycles. The molecule has 1 amide bonds. The van der Waals surface area contributed by atoms with Gasteiger partial charge in [0.1, 0.15) is 0 Å². The van der Waals surface area contributed by atoms with E-state index in [1.165, 1.54) is 15.9 Å². The van der Waals surface area contributed by atoms with Crippen LogP contribution in [0.2, 0.25) is 0 Å². The second-order valence-electron chi connectivity index (χ2n) is 7.52. The van der Waals surface area contributed by atoms with Crippen LogP contribution in [0, 0.1) is 13.8 Å². The van der Waals surface area contributed by atoms with Gasteiger partial charge < -0.3 is 10.2 Å². The maximum absolute atomic E-state index is 13.2. The summed E-state index contributed by atoms with van der Waals surface area (Å²) in [7, 11) is 0. The van der Waals surface area contributed by atoms with Gasteiger partial charge in [-0.3, -0.25) is 4.79 Å². The minimum Gasteiger partial charge on any atom is -0.338 e. The molecule has 3 heterocycles. The molecule has 0 bridgehead atoms. The van der Waals surface area contributed by atoms with E-state index in [1.807, 2.05) is 24.0 Å². The Labute approximate surface area is 170 Å². The van der Waals surface area contributed by atoms with E-state index in [0.29, 0.717) is 17.4 Å². The molecule has 150 valence electrons. The lowest BCUT2D eigenvalue weighted by molar-refractivity contribution is 0.0704. The Hall–Kier alpha value is -3.06. The van der Waals surface area contributed by atoms with Gasteiger partial charge in [0.2, 0.25) is 0 Å². The molecule has 1 aliphatic rings. The van der Waals surface area contributed by atoms with Crippen LogP contribution in [0.15, 0.2) is 48.8 Å². The predicted molar refractivity (Wildman–Crippen MR) is 111 cm³/mol. The van der Waals surface area contributed by atoms with Gasteiger partial charge in [-0.1, -0.05) is 24.3 Å². The van der Waals surface area contributed by atoms with Crippen molar-refractivity contribution in [2.45, 2.75) is 39.3 Å². The monoisotopic (exact) mass is 390 g/mol. The highest BCUT2D eigenvalue weighted by molar-refractivity contribution is 5.97. The number of nitrogens with zero attached hydrogens (tertiary/aromatic N) is 5. The summed E-state index contributed by atoms with van der Waals surface area (Å²) in [5.41, 5.74) is 4.00. The summed E-state index contributed by atoms with van der Waals surface area (Å²) in [6.45, 7) is 6.35. The second-order valence-corrected chi connectivity index (χ2v) is 7.52. The van der Waals surface area contributed by atoms with Gasteiger partial charge in [0.05, 0.1) is 18.0 Å². The molecule has 7 heteroatoms. The second kappa shape index (κ2) is 8.53. The van der Waals surface area contributed by atoms with Crippen LogP contribution in [0.25, 0.3) is 5.82 Å². The van der Waals surface area contributed by atoms with Crippen LogP contribution in [0.1, 0.15) is 40.0 Å². The average molecular weight is 390 g/mol. The fourth-order valence-corrected chi connectivity index (χ4v) is 3.71. The van der Waals surface area contributed by atoms with Crippen molar-refractivity contribution >= 4 is 5.91 Å². The van der Waals surface area contributed by atoms with E-state index in [9.17, 15) is 4.79 Å². The van der Waals surface area contributed by atoms with Crippen molar-refractivity contribution in [3.63, 3.8) is 0 Å². The van der Waals surface area contributed by atoms with E-state index in [1.54, 1.807) is 12.4 Å². The summed E-state index contributed by atoms with van der Waals surface area (Å²) in [5.74, 6) is 0.474. The summed E-state index contributed by atoms with van der Waals surface area (Å²) < 4.78 is 0. The Morgan fingerprint density at radius 3 is 2.52 bits per heavy atom. The van der Waals surface area contributed by atoms with Gasteiger partial charge in [-0.25, -0.2) is 4.98 Å². The Bertz CT molecular complexity index is 977. The summed E-state index contributed by atoms with van der Waals surface area (Å²) >= 11 is 0. The number of aromatic nitrogens is 4. The number of nitrogens with one attached hydrogen (secondary N) is 1. The van der Waals surface area contributed by atoms with E-state index in [0.717, 1.165) is 38.2 Å². The minimum atomic E-state index is -0.0119. The largest absolute Gasteiger partial charge is 0.338 e. The molecule has 0 unspecified atom stereocenters. The van der Waals surface area contributed by atoms with Crippen LogP contribution in [-0.4, -0.2) is 49.9 Å². The Morgan fingerprint density at radius 2 is 1.79 bits per heavy atom. The highest BCUT2D eigenvalue weighted by Gasteiger charge is 2.26. The minimum absolute atomic E-state index is 0.0119. The number of likely N-dealkylation sites (tertiary alicyclic amines) is 1. The molecule has 1 aromatic carbocycles. The Balaban J connectivity index is 1.39. The zero-order valence-corrected chi connectivity index (χ0v) is 16.9. The molecule has 0 aliphatic carbocycles. The third-order valence-electron chi connectivity index (χ3n) is 5.48. The van der Waals surface area contributed by atoms with E-state index < -0.39 is 0 Å². The molecule has 1 fully saturated rings. The zero-order chi connectivity index (χ0) is 20.2. The Kier molecular flexibility index (Phi) is 5.67. The SMILES string of the molecule is Cc1ccc(C(=O)N2CCC(NCc3ccccc3C)CC2)c(-n2nccn2)n1. The predicted octanol–water partition coefficient (Wildman–Crippen LogP) is 2.67. The van der Waals surface area contributed by atoms with E-state index >= 15 is 0 Å². The highest BCUT2D eigenvalue weighted by atomic mass is 16.2. The van der Waals surface area contributed by atoms with Crippen molar-refractivity contribution in [2.75, 3.05) is 13.1 Å². The topological polar surface area (TPSA) is 75.9 Å². The maximum atomic E-state index is 13.2. The van der Waals surface area contributed by atoms with Crippen LogP contribution in [-0.2, 0) is 6.54 Å². The van der Waals surface area contributed by atoms with Crippen molar-refractivity contribution in [3.8, 4) is 5.82 Å². The number of rotatable bonds is 5. The Morgan fingerprint density at radius 1 is 1.07 bits per heavy atom. The number of aryl methyl sites for hydroxylation is 2. The molecule has 3 aromatic rings. The first-order valence-corrected chi connectivity index (χ1v) is 10.0. The summed E-state index contributed by atoms with van der Waals surface area (Å²) in [4.78, 5) is 21.0. The van der Waals surface area contributed by atoms with Crippen LogP contribution >= 0.6 is 0 Å². The number of hydrogen-bond donors (Lipinski definition) is 1. The first kappa shape index (κ1) is 19.3. The summed E-state index contributed by atoms with van der Waals surface area (Å²) in [6.07, 6.45) is 5.05. The van der Waals surface area contributed by atoms with E-state index in [-0.39, 0.29) is 5.91 Å². The normalized spacial score (nSPS) is 14.9. The molecule has 0 atom stereocenters. The number of carbonyl (C=O) groups excluding carboxylic acids is 1. The lowest BCUT2D eigenvalue weighted by Crippen LogP contribution is -2.45. The van der Waals surface area contributed by atoms with Crippen LogP contribution in [0.4, 0.5) is 0 Å². The van der Waals surface area contributed by atoms with Gasteiger partial charge in [-0.2, -0.15) is 10.2 Å². The molecule has 0 spiro atoms. The summed E-state index contributed by atoms with van der Waals surface area (Å²) in [6, 6.07) is 12.5. The molecule has 1 N–H and O–H groups in total. The van der Waals surface area contributed by atoms with Crippen molar-refractivity contribution in [3.05, 3.63) is 71.2 Å². The number of piperidine rings is 1. The molecule has 7 nitrogen and oxygen atoms in total. The van der Waals surface area contributed by atoms with Gasteiger partial charge in [-0.15, -0.1) is 4.80 Å². The lowest BCUT2D eigenvalue weighted by atomic mass is 10.0. The van der Waals surface area contributed by atoms with Crippen molar-refractivity contribution < 1.29 is 4.79 Å². The molecule has 1 aliphatic heterocycles. The smallest absolute Gasteiger partial charge is 0.257 e. The highest BCUT2D eigenvalue weighted by Crippen LogP contribution is 2.18. The number of pyridine rings is 1. The van der Waals surface area contributed by atoms with Crippen molar-refractivity contribution in [2.24, 2.45) is 0 Å². The third-order valence-corrected chi connectivity index (χ3v) is 5.48. The quantitative estimate of drug-likeness (QED) is 0.725. The number of carbonyl (C=O) groups is 1. The van der Waals surface area contributed by atoms with Gasteiger partial charge in [0.25, 0.3) is 5.91 Å². The van der Waals surface area contributed by atoms with Crippen molar-refractivity contribution in [1.82, 2.24) is 30.2 Å². The lowest BCUT2D eigenvalue weighted by Gasteiger charge is -2.33. The van der Waals surface area contributed by atoms with Gasteiger partial charge >= 0.3 is 0 Å². The van der Waals surface area contributed by atoms with Crippen LogP contribution in [0.3, 0.4) is 0 Å². The van der Waals surface area contributed by atoms with Crippen LogP contribution in [0.5, 0.6) is 0 Å². The first-order chi connectivity index (χ1) is 14.1. The number of benzene rings is 1. The van der Waals surface area contributed by atoms with E-state index in [2.05, 4.69) is 51.7 Å². The van der Waals surface area contributed by atoms with Gasteiger partial charge in [-0.05, 0) is 49.9 Å². The molecular formula is C22H26N6O. The fraction of sp³-hybridized carbons (Fsp3) is 0.364. The fourth-order valence-electron chi connectivity index (χ4n) is 3.71. The van der Waals surface area contributed by atoms with Crippen LogP contribution < -0.4 is 5.32 Å². The average Bonchev–Trinajstić information content (AvgIpc) is 3.28. The molecule has 29 heavy (non-hydrogen) atoms. The molecule has 0 radical (unpaired) electrons. The third kappa shape index (κ3) is 4.35. The molecule has 4 rings (SSSR count). The molecule has 1 saturated heterocycles. The number of hydrogen-bond acceptors (Lipinski definition) is 5. The first-order valence-electron chi connectivity index (χ1n) is 10.0. The van der Waals surface area contributed by atoms with Gasteiger partial charge in [0, 0.05) is 31.4 Å². The standard InChI is InChI=1S/C22H26N6O/c1-16-5-3-4-6-18(16)15-23-19-9-13-27(14-10-19)22(29)20-8-7-17(2)26-21(20)28-24-11-12-25-28/h3-8,11-12,19,23H,9-10,13-15H2,1-2H3. The van der Waals surface area contributed by atoms with Gasteiger partial charge in [0.15, 0.2) is 5.82 Å².